The van der Waals surface area contributed by atoms with Crippen LogP contribution in [0.3, 0.4) is 0 Å². The summed E-state index contributed by atoms with van der Waals surface area (Å²) in [6.07, 6.45) is 6.13. The molecule has 1 fully saturated rings. The first-order chi connectivity index (χ1) is 20.6. The molecule has 0 aliphatic carbocycles. The van der Waals surface area contributed by atoms with Gasteiger partial charge in [0.1, 0.15) is 11.5 Å². The minimum absolute atomic E-state index is 0. The van der Waals surface area contributed by atoms with Crippen LogP contribution in [-0.4, -0.2) is 57.2 Å². The fourth-order valence-corrected chi connectivity index (χ4v) is 5.82. The number of ether oxygens (including phenoxy) is 1. The van der Waals surface area contributed by atoms with E-state index in [1.54, 1.807) is 55.6 Å². The third-order valence-electron chi connectivity index (χ3n) is 7.38. The highest BCUT2D eigenvalue weighted by molar-refractivity contribution is 7.92. The molecule has 0 aromatic heterocycles. The number of nitrogens with zero attached hydrogens (tertiary/aromatic N) is 1. The Balaban J connectivity index is 0.00000529. The molecule has 44 heavy (non-hydrogen) atoms. The second-order valence-corrected chi connectivity index (χ2v) is 12.6. The van der Waals surface area contributed by atoms with Crippen molar-refractivity contribution >= 4 is 45.7 Å². The highest BCUT2D eigenvalue weighted by atomic mass is 35.5. The summed E-state index contributed by atoms with van der Waals surface area (Å²) in [7, 11) is -1.75. The summed E-state index contributed by atoms with van der Waals surface area (Å²) in [6.45, 7) is 3.88. The Morgan fingerprint density at radius 1 is 0.977 bits per heavy atom. The molecule has 2 atom stereocenters. The molecular weight excluding hydrogens is 602 g/mol. The lowest BCUT2D eigenvalue weighted by Gasteiger charge is -2.40. The average Bonchev–Trinajstić information content (AvgIpc) is 2.98. The lowest BCUT2D eigenvalue weighted by molar-refractivity contribution is 0.0963. The Hall–Kier alpha value is -3.80. The zero-order valence-electron chi connectivity index (χ0n) is 25.3. The smallest absolute Gasteiger partial charge is 0.319 e. The molecule has 12 heteroatoms. The summed E-state index contributed by atoms with van der Waals surface area (Å²) in [5, 5.41) is 8.60. The molecular formula is C32H42ClN5O5S. The molecule has 3 aromatic carbocycles. The number of urea groups is 1. The van der Waals surface area contributed by atoms with Crippen LogP contribution in [0.1, 0.15) is 54.9 Å². The van der Waals surface area contributed by atoms with Crippen LogP contribution in [0.25, 0.3) is 0 Å². The number of halogens is 1. The van der Waals surface area contributed by atoms with Crippen LogP contribution in [0.4, 0.5) is 16.2 Å². The number of sulfonamides is 1. The van der Waals surface area contributed by atoms with Gasteiger partial charge in [0.05, 0.1) is 6.26 Å². The van der Waals surface area contributed by atoms with Crippen molar-refractivity contribution in [2.24, 2.45) is 0 Å². The van der Waals surface area contributed by atoms with Gasteiger partial charge in [0.2, 0.25) is 10.0 Å². The third kappa shape index (κ3) is 10.7. The highest BCUT2D eigenvalue weighted by Crippen LogP contribution is 2.27. The topological polar surface area (TPSA) is 129 Å². The molecule has 4 N–H and O–H groups in total. The Bertz CT molecular complexity index is 1490. The van der Waals surface area contributed by atoms with Gasteiger partial charge in [-0.15, -0.1) is 12.4 Å². The van der Waals surface area contributed by atoms with E-state index in [0.29, 0.717) is 34.5 Å². The summed E-state index contributed by atoms with van der Waals surface area (Å²) >= 11 is 0. The molecule has 1 aliphatic heterocycles. The maximum absolute atomic E-state index is 12.8. The number of hydrogen-bond acceptors (Lipinski definition) is 6. The van der Waals surface area contributed by atoms with Crippen LogP contribution in [0.2, 0.25) is 0 Å². The van der Waals surface area contributed by atoms with E-state index < -0.39 is 10.0 Å². The molecule has 1 saturated heterocycles. The van der Waals surface area contributed by atoms with Gasteiger partial charge in [-0.1, -0.05) is 38.0 Å². The van der Waals surface area contributed by atoms with E-state index in [-0.39, 0.29) is 30.4 Å². The number of likely N-dealkylation sites (tertiary alicyclic amines) is 1. The number of carbonyl (C=O) groups is 2. The van der Waals surface area contributed by atoms with Crippen LogP contribution in [0.15, 0.2) is 72.8 Å². The average molecular weight is 644 g/mol. The summed E-state index contributed by atoms with van der Waals surface area (Å²) in [4.78, 5) is 27.2. The maximum atomic E-state index is 12.8. The van der Waals surface area contributed by atoms with Crippen molar-refractivity contribution in [1.29, 1.82) is 0 Å². The van der Waals surface area contributed by atoms with Gasteiger partial charge in [-0.05, 0) is 79.4 Å². The molecule has 0 radical (unpaired) electrons. The number of rotatable bonds is 12. The maximum Gasteiger partial charge on any atom is 0.319 e. The van der Waals surface area contributed by atoms with Crippen LogP contribution in [0.5, 0.6) is 11.5 Å². The van der Waals surface area contributed by atoms with E-state index in [4.69, 9.17) is 4.74 Å². The first-order valence-corrected chi connectivity index (χ1v) is 16.5. The fraction of sp³-hybridized carbons (Fsp3) is 0.375. The van der Waals surface area contributed by atoms with Crippen LogP contribution < -0.4 is 25.4 Å². The predicted molar refractivity (Wildman–Crippen MR) is 177 cm³/mol. The number of unbranched alkanes of at least 4 members (excludes halogenated alkanes) is 1. The summed E-state index contributed by atoms with van der Waals surface area (Å²) in [5.41, 5.74) is 2.73. The minimum Gasteiger partial charge on any atom is -0.457 e. The Morgan fingerprint density at radius 2 is 1.66 bits per heavy atom. The van der Waals surface area contributed by atoms with E-state index >= 15 is 0 Å². The molecule has 4 rings (SSSR count). The van der Waals surface area contributed by atoms with Gasteiger partial charge in [0.15, 0.2) is 0 Å². The molecule has 1 aliphatic rings. The summed E-state index contributed by atoms with van der Waals surface area (Å²) in [5.74, 6) is 1.11. The number of benzene rings is 3. The van der Waals surface area contributed by atoms with Crippen molar-refractivity contribution in [3.05, 3.63) is 83.9 Å². The summed E-state index contributed by atoms with van der Waals surface area (Å²) in [6, 6.07) is 21.8. The van der Waals surface area contributed by atoms with Gasteiger partial charge in [0.25, 0.3) is 5.91 Å². The molecule has 0 spiro atoms. The summed E-state index contributed by atoms with van der Waals surface area (Å²) < 4.78 is 31.2. The minimum atomic E-state index is -3.33. The van der Waals surface area contributed by atoms with E-state index in [1.165, 1.54) is 5.56 Å². The molecule has 1 heterocycles. The van der Waals surface area contributed by atoms with Crippen LogP contribution in [-0.2, 0) is 16.6 Å². The van der Waals surface area contributed by atoms with Gasteiger partial charge in [0, 0.05) is 49.2 Å². The molecule has 2 unspecified atom stereocenters. The third-order valence-corrected chi connectivity index (χ3v) is 7.98. The zero-order valence-corrected chi connectivity index (χ0v) is 27.0. The number of nitrogens with one attached hydrogen (secondary N) is 4. The SMILES string of the molecule is CCCCC1CC(NC(=O)Nc2cccc(C(=O)NC)c2)CCN1Cc1ccc(Oc2ccc(NS(C)(=O)=O)cc2)cc1.Cl. The van der Waals surface area contributed by atoms with Crippen molar-refractivity contribution in [3.63, 3.8) is 0 Å². The van der Waals surface area contributed by atoms with E-state index in [1.807, 2.05) is 12.1 Å². The predicted octanol–water partition coefficient (Wildman–Crippen LogP) is 5.98. The molecule has 0 saturated carbocycles. The molecule has 0 bridgehead atoms. The van der Waals surface area contributed by atoms with Gasteiger partial charge in [-0.25, -0.2) is 13.2 Å². The Morgan fingerprint density at radius 3 is 2.30 bits per heavy atom. The quantitative estimate of drug-likeness (QED) is 0.192. The van der Waals surface area contributed by atoms with Crippen molar-refractivity contribution in [3.8, 4) is 11.5 Å². The Kier molecular flexibility index (Phi) is 12.9. The van der Waals surface area contributed by atoms with E-state index in [2.05, 4.69) is 44.6 Å². The molecule has 3 amide bonds. The first-order valence-electron chi connectivity index (χ1n) is 14.6. The molecule has 10 nitrogen and oxygen atoms in total. The van der Waals surface area contributed by atoms with Crippen LogP contribution >= 0.6 is 12.4 Å². The van der Waals surface area contributed by atoms with Gasteiger partial charge < -0.3 is 20.7 Å². The van der Waals surface area contributed by atoms with E-state index in [0.717, 1.165) is 51.4 Å². The first kappa shape index (κ1) is 34.7. The lowest BCUT2D eigenvalue weighted by Crippen LogP contribution is -2.50. The van der Waals surface area contributed by atoms with Crippen molar-refractivity contribution in [1.82, 2.24) is 15.5 Å². The normalized spacial score (nSPS) is 16.7. The number of carbonyl (C=O) groups excluding carboxylic acids is 2. The number of piperidine rings is 1. The molecule has 238 valence electrons. The Labute approximate surface area is 266 Å². The standard InChI is InChI=1S/C32H41N5O5S.ClH/c1-4-5-9-28-21-27(35-32(39)34-26-8-6-7-24(20-26)31(38)33-2)18-19-37(28)22-23-10-14-29(15-11-23)42-30-16-12-25(13-17-30)36-43(3,40)41;/h6-8,10-17,20,27-28,36H,4-5,9,18-19,21-22H2,1-3H3,(H,33,38)(H2,34,35,39);1H. The highest BCUT2D eigenvalue weighted by Gasteiger charge is 2.29. The van der Waals surface area contributed by atoms with Gasteiger partial charge in [-0.2, -0.15) is 0 Å². The van der Waals surface area contributed by atoms with Gasteiger partial charge >= 0.3 is 6.03 Å². The number of amides is 3. The zero-order chi connectivity index (χ0) is 30.8. The number of anilines is 2. The monoisotopic (exact) mass is 643 g/mol. The second kappa shape index (κ2) is 16.3. The van der Waals surface area contributed by atoms with Crippen molar-refractivity contribution < 1.29 is 22.7 Å². The number of hydrogen-bond donors (Lipinski definition) is 4. The second-order valence-electron chi connectivity index (χ2n) is 10.9. The van der Waals surface area contributed by atoms with E-state index in [9.17, 15) is 18.0 Å². The van der Waals surface area contributed by atoms with Crippen molar-refractivity contribution in [2.45, 2.75) is 57.7 Å². The largest absolute Gasteiger partial charge is 0.457 e. The van der Waals surface area contributed by atoms with Gasteiger partial charge in [-0.3, -0.25) is 14.4 Å². The van der Waals surface area contributed by atoms with Crippen LogP contribution in [0, 0.1) is 0 Å². The lowest BCUT2D eigenvalue weighted by atomic mass is 9.93. The molecule has 3 aromatic rings. The fourth-order valence-electron chi connectivity index (χ4n) is 5.25. The van der Waals surface area contributed by atoms with Crippen molar-refractivity contribution in [2.75, 3.05) is 29.9 Å².